The number of alkyl halides is 1. The van der Waals surface area contributed by atoms with Gasteiger partial charge in [0, 0.05) is 3.92 Å². The standard InChI is InChI=1S/C21H42I.H3N/c1-4-6-8-10-12-14-16-21(19-18-20(3)22)17-15-13-11-9-7-5-2;/h20H,4-19H2,1-3H3;1H3. The molecule has 0 spiro atoms. The largest absolute Gasteiger partial charge is 0.344 e. The number of rotatable bonds is 17. The molecule has 1 atom stereocenters. The first-order valence-electron chi connectivity index (χ1n) is 10.2. The number of halogens is 1. The Hall–Kier alpha value is 0.690. The van der Waals surface area contributed by atoms with Crippen LogP contribution in [0.2, 0.25) is 0 Å². The van der Waals surface area contributed by atoms with Gasteiger partial charge in [-0.25, -0.2) is 0 Å². The second-order valence-corrected chi connectivity index (χ2v) is 9.23. The van der Waals surface area contributed by atoms with E-state index in [1.54, 1.807) is 0 Å². The molecule has 0 amide bonds. The minimum Gasteiger partial charge on any atom is -0.344 e. The lowest BCUT2D eigenvalue weighted by Crippen LogP contribution is -2.02. The third-order valence-electron chi connectivity index (χ3n) is 4.66. The van der Waals surface area contributed by atoms with Crippen molar-refractivity contribution in [3.63, 3.8) is 0 Å². The van der Waals surface area contributed by atoms with Gasteiger partial charge in [-0.2, -0.15) is 0 Å². The fraction of sp³-hybridized carbons (Fsp3) is 0.952. The lowest BCUT2D eigenvalue weighted by Gasteiger charge is -2.17. The molecule has 1 radical (unpaired) electrons. The highest BCUT2D eigenvalue weighted by Gasteiger charge is 2.10. The van der Waals surface area contributed by atoms with Crippen LogP contribution in [-0.2, 0) is 0 Å². The molecule has 0 saturated carbocycles. The highest BCUT2D eigenvalue weighted by molar-refractivity contribution is 14.1. The number of hydrogen-bond acceptors (Lipinski definition) is 1. The summed E-state index contributed by atoms with van der Waals surface area (Å²) in [4.78, 5) is 0. The van der Waals surface area contributed by atoms with E-state index in [1.165, 1.54) is 103 Å². The Morgan fingerprint density at radius 3 is 1.43 bits per heavy atom. The van der Waals surface area contributed by atoms with Gasteiger partial charge >= 0.3 is 0 Å². The highest BCUT2D eigenvalue weighted by atomic mass is 127. The van der Waals surface area contributed by atoms with Crippen LogP contribution in [0.15, 0.2) is 0 Å². The zero-order valence-corrected chi connectivity index (χ0v) is 18.6. The van der Waals surface area contributed by atoms with Gasteiger partial charge in [0.25, 0.3) is 0 Å². The average Bonchev–Trinajstić information content (AvgIpc) is 2.50. The van der Waals surface area contributed by atoms with Crippen molar-refractivity contribution in [2.75, 3.05) is 0 Å². The van der Waals surface area contributed by atoms with Gasteiger partial charge in [-0.15, -0.1) is 0 Å². The molecule has 0 rings (SSSR count). The monoisotopic (exact) mass is 438 g/mol. The van der Waals surface area contributed by atoms with Crippen molar-refractivity contribution in [3.05, 3.63) is 5.92 Å². The molecule has 0 saturated heterocycles. The van der Waals surface area contributed by atoms with Gasteiger partial charge in [-0.05, 0) is 31.6 Å². The molecular weight excluding hydrogens is 393 g/mol. The van der Waals surface area contributed by atoms with Crippen LogP contribution in [-0.4, -0.2) is 3.92 Å². The summed E-state index contributed by atoms with van der Waals surface area (Å²) in [5.41, 5.74) is 0. The Morgan fingerprint density at radius 1 is 0.652 bits per heavy atom. The Bertz CT molecular complexity index is 190. The maximum Gasteiger partial charge on any atom is 0.00815 e. The van der Waals surface area contributed by atoms with E-state index in [-0.39, 0.29) is 6.15 Å². The molecule has 0 bridgehead atoms. The van der Waals surface area contributed by atoms with Crippen molar-refractivity contribution in [3.8, 4) is 0 Å². The quantitative estimate of drug-likeness (QED) is 0.137. The van der Waals surface area contributed by atoms with Crippen molar-refractivity contribution in [2.24, 2.45) is 0 Å². The Morgan fingerprint density at radius 2 is 1.04 bits per heavy atom. The van der Waals surface area contributed by atoms with Gasteiger partial charge < -0.3 is 6.15 Å². The first-order valence-corrected chi connectivity index (χ1v) is 11.4. The average molecular weight is 439 g/mol. The van der Waals surface area contributed by atoms with Crippen LogP contribution in [0.3, 0.4) is 0 Å². The molecule has 2 heteroatoms. The van der Waals surface area contributed by atoms with Gasteiger partial charge in [0.2, 0.25) is 0 Å². The molecular formula is C21H45IN. The first kappa shape index (κ1) is 25.9. The van der Waals surface area contributed by atoms with Crippen LogP contribution >= 0.6 is 22.6 Å². The predicted octanol–water partition coefficient (Wildman–Crippen LogP) is 8.83. The molecule has 0 aromatic heterocycles. The van der Waals surface area contributed by atoms with Crippen molar-refractivity contribution >= 4 is 22.6 Å². The van der Waals surface area contributed by atoms with E-state index in [4.69, 9.17) is 0 Å². The minimum atomic E-state index is 0. The second-order valence-electron chi connectivity index (χ2n) is 7.10. The summed E-state index contributed by atoms with van der Waals surface area (Å²) < 4.78 is 0.835. The Balaban J connectivity index is 0. The maximum absolute atomic E-state index is 2.58. The summed E-state index contributed by atoms with van der Waals surface area (Å²) >= 11 is 2.58. The summed E-state index contributed by atoms with van der Waals surface area (Å²) in [7, 11) is 0. The smallest absolute Gasteiger partial charge is 0.00815 e. The topological polar surface area (TPSA) is 35.0 Å². The van der Waals surface area contributed by atoms with Gasteiger partial charge in [0.15, 0.2) is 0 Å². The molecule has 0 aromatic rings. The molecule has 141 valence electrons. The number of unbranched alkanes of at least 4 members (excludes halogenated alkanes) is 10. The molecule has 0 aliphatic carbocycles. The van der Waals surface area contributed by atoms with E-state index < -0.39 is 0 Å². The van der Waals surface area contributed by atoms with E-state index >= 15 is 0 Å². The first-order chi connectivity index (χ1) is 10.7. The van der Waals surface area contributed by atoms with Crippen molar-refractivity contribution < 1.29 is 0 Å². The summed E-state index contributed by atoms with van der Waals surface area (Å²) in [5, 5.41) is 0. The summed E-state index contributed by atoms with van der Waals surface area (Å²) in [6.07, 6.45) is 22.9. The molecule has 1 unspecified atom stereocenters. The van der Waals surface area contributed by atoms with E-state index in [0.29, 0.717) is 0 Å². The molecule has 0 heterocycles. The Kier molecular flexibility index (Phi) is 23.4. The summed E-state index contributed by atoms with van der Waals surface area (Å²) in [6.45, 7) is 6.96. The molecule has 3 N–H and O–H groups in total. The van der Waals surface area contributed by atoms with Crippen LogP contribution in [0.25, 0.3) is 0 Å². The molecule has 0 fully saturated rings. The van der Waals surface area contributed by atoms with E-state index in [1.807, 2.05) is 5.92 Å². The van der Waals surface area contributed by atoms with Crippen LogP contribution in [0.5, 0.6) is 0 Å². The Labute approximate surface area is 161 Å². The van der Waals surface area contributed by atoms with E-state index in [9.17, 15) is 0 Å². The fourth-order valence-electron chi connectivity index (χ4n) is 3.09. The fourth-order valence-corrected chi connectivity index (χ4v) is 3.40. The third kappa shape index (κ3) is 20.6. The van der Waals surface area contributed by atoms with E-state index in [2.05, 4.69) is 43.4 Å². The maximum atomic E-state index is 2.58. The van der Waals surface area contributed by atoms with Crippen molar-refractivity contribution in [1.82, 2.24) is 6.15 Å². The third-order valence-corrected chi connectivity index (χ3v) is 5.29. The van der Waals surface area contributed by atoms with Gasteiger partial charge in [-0.3, -0.25) is 0 Å². The highest BCUT2D eigenvalue weighted by Crippen LogP contribution is 2.27. The van der Waals surface area contributed by atoms with Crippen LogP contribution in [0.1, 0.15) is 124 Å². The molecule has 0 aromatic carbocycles. The predicted molar refractivity (Wildman–Crippen MR) is 117 cm³/mol. The summed E-state index contributed by atoms with van der Waals surface area (Å²) in [6, 6.07) is 0. The number of hydrogen-bond donors (Lipinski definition) is 1. The van der Waals surface area contributed by atoms with Crippen LogP contribution in [0, 0.1) is 5.92 Å². The van der Waals surface area contributed by atoms with Crippen LogP contribution < -0.4 is 6.15 Å². The molecule has 0 aliphatic rings. The SMILES string of the molecule is CCCCCCCC[C](CCCCCCCC)CCC(C)I.N. The van der Waals surface area contributed by atoms with Gasteiger partial charge in [0.1, 0.15) is 0 Å². The second kappa shape index (κ2) is 20.7. The van der Waals surface area contributed by atoms with E-state index in [0.717, 1.165) is 3.92 Å². The lowest BCUT2D eigenvalue weighted by atomic mass is 9.90. The summed E-state index contributed by atoms with van der Waals surface area (Å²) in [5.74, 6) is 1.88. The van der Waals surface area contributed by atoms with Crippen molar-refractivity contribution in [2.45, 2.75) is 127 Å². The lowest BCUT2D eigenvalue weighted by molar-refractivity contribution is 0.527. The van der Waals surface area contributed by atoms with Crippen molar-refractivity contribution in [1.29, 1.82) is 0 Å². The zero-order chi connectivity index (χ0) is 16.5. The molecule has 0 aliphatic heterocycles. The normalized spacial score (nSPS) is 12.4. The van der Waals surface area contributed by atoms with Gasteiger partial charge in [0.05, 0.1) is 0 Å². The zero-order valence-electron chi connectivity index (χ0n) is 16.5. The van der Waals surface area contributed by atoms with Crippen LogP contribution in [0.4, 0.5) is 0 Å². The van der Waals surface area contributed by atoms with Gasteiger partial charge in [-0.1, -0.05) is 120 Å². The molecule has 1 nitrogen and oxygen atoms in total. The molecule has 23 heavy (non-hydrogen) atoms. The minimum absolute atomic E-state index is 0.